The molecule has 1 aliphatic heterocycles. The van der Waals surface area contributed by atoms with Gasteiger partial charge in [0, 0.05) is 6.08 Å². The molecule has 0 aromatic carbocycles. The summed E-state index contributed by atoms with van der Waals surface area (Å²) in [6.07, 6.45) is 19.2. The van der Waals surface area contributed by atoms with Crippen LogP contribution >= 0.6 is 0 Å². The monoisotopic (exact) mass is 248 g/mol. The largest absolute Gasteiger partial charge is 0.459 e. The molecule has 2 nitrogen and oxygen atoms in total. The Balaban J connectivity index is 2.52. The summed E-state index contributed by atoms with van der Waals surface area (Å²) >= 11 is 0. The van der Waals surface area contributed by atoms with Gasteiger partial charge in [-0.1, -0.05) is 50.1 Å². The molecular weight excluding hydrogens is 224 g/mol. The van der Waals surface area contributed by atoms with Gasteiger partial charge in [-0.15, -0.1) is 0 Å². The molecule has 0 aromatic heterocycles. The van der Waals surface area contributed by atoms with Gasteiger partial charge in [0.1, 0.15) is 6.10 Å². The molecular formula is C16H24O2. The third kappa shape index (κ3) is 7.10. The quantitative estimate of drug-likeness (QED) is 0.645. The fraction of sp³-hybridized carbons (Fsp3) is 0.562. The van der Waals surface area contributed by atoms with Gasteiger partial charge in [0.05, 0.1) is 0 Å². The maximum absolute atomic E-state index is 11.5. The molecule has 1 rings (SSSR count). The van der Waals surface area contributed by atoms with Crippen molar-refractivity contribution in [3.05, 3.63) is 36.5 Å². The van der Waals surface area contributed by atoms with Crippen LogP contribution in [-0.2, 0) is 9.53 Å². The van der Waals surface area contributed by atoms with Gasteiger partial charge < -0.3 is 4.74 Å². The zero-order valence-corrected chi connectivity index (χ0v) is 11.3. The van der Waals surface area contributed by atoms with Crippen LogP contribution in [-0.4, -0.2) is 12.1 Å². The fourth-order valence-corrected chi connectivity index (χ4v) is 1.97. The summed E-state index contributed by atoms with van der Waals surface area (Å²) in [5.41, 5.74) is 0. The molecule has 1 unspecified atom stereocenters. The van der Waals surface area contributed by atoms with E-state index in [0.717, 1.165) is 25.7 Å². The minimum atomic E-state index is -0.231. The minimum absolute atomic E-state index is 0.0781. The van der Waals surface area contributed by atoms with Crippen LogP contribution in [0, 0.1) is 0 Å². The van der Waals surface area contributed by atoms with E-state index < -0.39 is 0 Å². The Labute approximate surface area is 110 Å². The normalized spacial score (nSPS) is 28.5. The molecule has 0 aromatic rings. The van der Waals surface area contributed by atoms with Crippen LogP contribution in [0.3, 0.4) is 0 Å². The molecule has 2 heteroatoms. The van der Waals surface area contributed by atoms with Crippen molar-refractivity contribution in [1.82, 2.24) is 0 Å². The van der Waals surface area contributed by atoms with Crippen molar-refractivity contribution in [2.75, 3.05) is 0 Å². The van der Waals surface area contributed by atoms with Crippen LogP contribution < -0.4 is 0 Å². The first-order valence-corrected chi connectivity index (χ1v) is 7.03. The van der Waals surface area contributed by atoms with Crippen molar-refractivity contribution in [3.8, 4) is 0 Å². The Hall–Kier alpha value is -1.31. The summed E-state index contributed by atoms with van der Waals surface area (Å²) < 4.78 is 5.40. The highest BCUT2D eigenvalue weighted by molar-refractivity contribution is 5.82. The van der Waals surface area contributed by atoms with Crippen molar-refractivity contribution in [1.29, 1.82) is 0 Å². The number of carbonyl (C=O) groups is 1. The average molecular weight is 248 g/mol. The molecule has 0 amide bonds. The Kier molecular flexibility index (Phi) is 7.94. The van der Waals surface area contributed by atoms with Crippen LogP contribution in [0.1, 0.15) is 51.9 Å². The molecule has 0 N–H and O–H groups in total. The molecule has 100 valence electrons. The number of allylic oxidation sites excluding steroid dienone is 5. The average Bonchev–Trinajstić information content (AvgIpc) is 2.38. The summed E-state index contributed by atoms with van der Waals surface area (Å²) in [6.45, 7) is 2.07. The third-order valence-corrected chi connectivity index (χ3v) is 3.09. The first kappa shape index (κ1) is 14.7. The topological polar surface area (TPSA) is 26.3 Å². The summed E-state index contributed by atoms with van der Waals surface area (Å²) in [7, 11) is 0. The first-order chi connectivity index (χ1) is 8.83. The van der Waals surface area contributed by atoms with Gasteiger partial charge in [-0.05, 0) is 32.1 Å². The number of rotatable bonds is 1. The summed E-state index contributed by atoms with van der Waals surface area (Å²) in [5, 5.41) is 0. The number of hydrogen-bond donors (Lipinski definition) is 0. The zero-order valence-electron chi connectivity index (χ0n) is 11.3. The lowest BCUT2D eigenvalue weighted by atomic mass is 10.1. The van der Waals surface area contributed by atoms with E-state index in [1.807, 2.05) is 18.2 Å². The van der Waals surface area contributed by atoms with Crippen LogP contribution in [0.2, 0.25) is 0 Å². The standard InChI is InChI=1S/C16H24O2/c1-2-15-13-11-9-7-5-3-4-6-8-10-12-14-16(17)18-15/h4,6,8,10,12,14-15H,2-3,5,7,9,11,13H2,1H3/b6-4+,10-8+,14-12+. The maximum atomic E-state index is 11.5. The van der Waals surface area contributed by atoms with E-state index >= 15 is 0 Å². The predicted molar refractivity (Wildman–Crippen MR) is 75.3 cm³/mol. The number of hydrogen-bond acceptors (Lipinski definition) is 2. The van der Waals surface area contributed by atoms with Crippen molar-refractivity contribution in [3.63, 3.8) is 0 Å². The third-order valence-electron chi connectivity index (χ3n) is 3.09. The SMILES string of the molecule is CCC1CCCCCC/C=C/C=C/C=C/C(=O)O1. The van der Waals surface area contributed by atoms with E-state index in [-0.39, 0.29) is 12.1 Å². The second-order valence-electron chi connectivity index (χ2n) is 4.63. The van der Waals surface area contributed by atoms with Crippen molar-refractivity contribution >= 4 is 5.97 Å². The molecule has 0 aliphatic carbocycles. The summed E-state index contributed by atoms with van der Waals surface area (Å²) in [4.78, 5) is 11.5. The molecule has 0 bridgehead atoms. The van der Waals surface area contributed by atoms with E-state index in [9.17, 15) is 4.79 Å². The van der Waals surface area contributed by atoms with E-state index in [4.69, 9.17) is 4.74 Å². The number of ether oxygens (including phenoxy) is 1. The van der Waals surface area contributed by atoms with E-state index in [1.165, 1.54) is 25.3 Å². The summed E-state index contributed by atoms with van der Waals surface area (Å²) in [6, 6.07) is 0. The lowest BCUT2D eigenvalue weighted by molar-refractivity contribution is -0.143. The zero-order chi connectivity index (χ0) is 13.1. The summed E-state index contributed by atoms with van der Waals surface area (Å²) in [5.74, 6) is -0.231. The molecule has 0 saturated heterocycles. The van der Waals surface area contributed by atoms with E-state index in [0.29, 0.717) is 0 Å². The van der Waals surface area contributed by atoms with Crippen LogP contribution in [0.15, 0.2) is 36.5 Å². The molecule has 1 heterocycles. The molecule has 18 heavy (non-hydrogen) atoms. The van der Waals surface area contributed by atoms with Crippen LogP contribution in [0.4, 0.5) is 0 Å². The van der Waals surface area contributed by atoms with Crippen molar-refractivity contribution < 1.29 is 9.53 Å². The van der Waals surface area contributed by atoms with Crippen LogP contribution in [0.5, 0.6) is 0 Å². The Morgan fingerprint density at radius 1 is 1.11 bits per heavy atom. The van der Waals surface area contributed by atoms with Gasteiger partial charge in [-0.2, -0.15) is 0 Å². The molecule has 0 saturated carbocycles. The highest BCUT2D eigenvalue weighted by Crippen LogP contribution is 2.12. The molecule has 1 aliphatic rings. The van der Waals surface area contributed by atoms with Crippen LogP contribution in [0.25, 0.3) is 0 Å². The smallest absolute Gasteiger partial charge is 0.331 e. The Morgan fingerprint density at radius 3 is 2.72 bits per heavy atom. The Bertz CT molecular complexity index is 313. The highest BCUT2D eigenvalue weighted by atomic mass is 16.5. The molecule has 0 radical (unpaired) electrons. The Morgan fingerprint density at radius 2 is 1.89 bits per heavy atom. The predicted octanol–water partition coefficient (Wildman–Crippen LogP) is 4.33. The molecule has 0 fully saturated rings. The fourth-order valence-electron chi connectivity index (χ4n) is 1.97. The highest BCUT2D eigenvalue weighted by Gasteiger charge is 2.09. The lowest BCUT2D eigenvalue weighted by Crippen LogP contribution is -2.15. The van der Waals surface area contributed by atoms with Gasteiger partial charge in [0.25, 0.3) is 0 Å². The van der Waals surface area contributed by atoms with Gasteiger partial charge in [-0.3, -0.25) is 0 Å². The number of esters is 1. The maximum Gasteiger partial charge on any atom is 0.331 e. The van der Waals surface area contributed by atoms with Crippen molar-refractivity contribution in [2.45, 2.75) is 58.0 Å². The molecule has 0 spiro atoms. The molecule has 1 atom stereocenters. The lowest BCUT2D eigenvalue weighted by Gasteiger charge is -2.14. The van der Waals surface area contributed by atoms with Crippen molar-refractivity contribution in [2.24, 2.45) is 0 Å². The number of cyclic esters (lactones) is 1. The van der Waals surface area contributed by atoms with Gasteiger partial charge >= 0.3 is 5.97 Å². The van der Waals surface area contributed by atoms with Gasteiger partial charge in [0.2, 0.25) is 0 Å². The first-order valence-electron chi connectivity index (χ1n) is 7.03. The van der Waals surface area contributed by atoms with Gasteiger partial charge in [0.15, 0.2) is 0 Å². The van der Waals surface area contributed by atoms with Gasteiger partial charge in [-0.25, -0.2) is 4.79 Å². The second kappa shape index (κ2) is 9.69. The minimum Gasteiger partial charge on any atom is -0.459 e. The number of carbonyl (C=O) groups excluding carboxylic acids is 1. The van der Waals surface area contributed by atoms with E-state index in [1.54, 1.807) is 6.08 Å². The van der Waals surface area contributed by atoms with E-state index in [2.05, 4.69) is 13.0 Å². The second-order valence-corrected chi connectivity index (χ2v) is 4.63.